The summed E-state index contributed by atoms with van der Waals surface area (Å²) in [5, 5.41) is 0. The molecule has 0 aromatic heterocycles. The Balaban J connectivity index is 1.92. The van der Waals surface area contributed by atoms with Crippen LogP contribution in [0.25, 0.3) is 0 Å². The van der Waals surface area contributed by atoms with Gasteiger partial charge in [0, 0.05) is 37.9 Å². The third-order valence-corrected chi connectivity index (χ3v) is 4.17. The molecule has 0 spiro atoms. The molecule has 0 radical (unpaired) electrons. The fraction of sp³-hybridized carbons (Fsp3) is 0.625. The number of rotatable bonds is 4. The molecule has 100 valence electrons. The molecule has 1 aliphatic heterocycles. The highest BCUT2D eigenvalue weighted by atomic mass is 15.3. The highest BCUT2D eigenvalue weighted by Gasteiger charge is 2.21. The second-order valence-corrected chi connectivity index (χ2v) is 5.33. The molecule has 1 aliphatic rings. The van der Waals surface area contributed by atoms with Crippen molar-refractivity contribution >= 4 is 5.69 Å². The van der Waals surface area contributed by atoms with Gasteiger partial charge in [-0.2, -0.15) is 0 Å². The molecule has 1 heterocycles. The number of anilines is 1. The molecule has 0 unspecified atom stereocenters. The fourth-order valence-electron chi connectivity index (χ4n) is 2.91. The molecule has 2 heteroatoms. The van der Waals surface area contributed by atoms with Crippen molar-refractivity contribution in [1.82, 2.24) is 4.90 Å². The molecule has 0 saturated carbocycles. The first kappa shape index (κ1) is 13.4. The number of benzene rings is 1. The SMILES string of the molecule is CCC(CC)N1CCN(c2ccc(C)cc2)CC1. The van der Waals surface area contributed by atoms with Crippen LogP contribution in [-0.2, 0) is 0 Å². The first-order chi connectivity index (χ1) is 8.74. The molecule has 0 aliphatic carbocycles. The van der Waals surface area contributed by atoms with E-state index in [9.17, 15) is 0 Å². The van der Waals surface area contributed by atoms with E-state index < -0.39 is 0 Å². The molecule has 1 fully saturated rings. The van der Waals surface area contributed by atoms with Crippen molar-refractivity contribution in [3.8, 4) is 0 Å². The molecular weight excluding hydrogens is 220 g/mol. The van der Waals surface area contributed by atoms with Gasteiger partial charge in [-0.05, 0) is 31.9 Å². The number of hydrogen-bond acceptors (Lipinski definition) is 2. The zero-order valence-corrected chi connectivity index (χ0v) is 12.0. The van der Waals surface area contributed by atoms with Gasteiger partial charge in [-0.15, -0.1) is 0 Å². The molecule has 1 aromatic carbocycles. The van der Waals surface area contributed by atoms with E-state index in [0.29, 0.717) is 0 Å². The lowest BCUT2D eigenvalue weighted by Crippen LogP contribution is -2.50. The lowest BCUT2D eigenvalue weighted by molar-refractivity contribution is 0.175. The van der Waals surface area contributed by atoms with E-state index in [4.69, 9.17) is 0 Å². The van der Waals surface area contributed by atoms with Crippen LogP contribution in [0.5, 0.6) is 0 Å². The maximum atomic E-state index is 2.66. The zero-order chi connectivity index (χ0) is 13.0. The molecule has 0 bridgehead atoms. The molecule has 18 heavy (non-hydrogen) atoms. The van der Waals surface area contributed by atoms with Crippen LogP contribution in [0.4, 0.5) is 5.69 Å². The summed E-state index contributed by atoms with van der Waals surface area (Å²) in [6, 6.07) is 9.71. The van der Waals surface area contributed by atoms with Crippen LogP contribution in [0.2, 0.25) is 0 Å². The average molecular weight is 246 g/mol. The standard InChI is InChI=1S/C16H26N2/c1-4-15(5-2)17-10-12-18(13-11-17)16-8-6-14(3)7-9-16/h6-9,15H,4-5,10-13H2,1-3H3. The van der Waals surface area contributed by atoms with Gasteiger partial charge in [0.1, 0.15) is 0 Å². The lowest BCUT2D eigenvalue weighted by Gasteiger charge is -2.39. The fourth-order valence-corrected chi connectivity index (χ4v) is 2.91. The molecule has 1 aromatic rings. The van der Waals surface area contributed by atoms with Gasteiger partial charge < -0.3 is 4.90 Å². The van der Waals surface area contributed by atoms with Gasteiger partial charge in [-0.1, -0.05) is 31.5 Å². The average Bonchev–Trinajstić information content (AvgIpc) is 2.42. The van der Waals surface area contributed by atoms with Crippen LogP contribution in [0.3, 0.4) is 0 Å². The Labute approximate surface area is 112 Å². The molecular formula is C16H26N2. The normalized spacial score (nSPS) is 17.4. The van der Waals surface area contributed by atoms with Crippen molar-refractivity contribution < 1.29 is 0 Å². The van der Waals surface area contributed by atoms with E-state index in [-0.39, 0.29) is 0 Å². The third-order valence-electron chi connectivity index (χ3n) is 4.17. The predicted octanol–water partition coefficient (Wildman–Crippen LogP) is 3.31. The second-order valence-electron chi connectivity index (χ2n) is 5.33. The Hall–Kier alpha value is -1.02. The summed E-state index contributed by atoms with van der Waals surface area (Å²) in [6.45, 7) is 11.5. The molecule has 0 atom stereocenters. The van der Waals surface area contributed by atoms with Crippen LogP contribution in [0.1, 0.15) is 32.3 Å². The molecule has 0 amide bonds. The quantitative estimate of drug-likeness (QED) is 0.804. The minimum Gasteiger partial charge on any atom is -0.369 e. The number of nitrogens with zero attached hydrogens (tertiary/aromatic N) is 2. The topological polar surface area (TPSA) is 6.48 Å². The largest absolute Gasteiger partial charge is 0.369 e. The van der Waals surface area contributed by atoms with Crippen LogP contribution in [-0.4, -0.2) is 37.1 Å². The maximum absolute atomic E-state index is 2.66. The van der Waals surface area contributed by atoms with Crippen LogP contribution in [0, 0.1) is 6.92 Å². The minimum atomic E-state index is 0.783. The van der Waals surface area contributed by atoms with Gasteiger partial charge in [0.2, 0.25) is 0 Å². The van der Waals surface area contributed by atoms with Crippen molar-refractivity contribution in [2.75, 3.05) is 31.1 Å². The smallest absolute Gasteiger partial charge is 0.0367 e. The summed E-state index contributed by atoms with van der Waals surface area (Å²) in [6.07, 6.45) is 2.56. The Morgan fingerprint density at radius 3 is 2.00 bits per heavy atom. The third kappa shape index (κ3) is 3.05. The molecule has 2 nitrogen and oxygen atoms in total. The van der Waals surface area contributed by atoms with Gasteiger partial charge in [0.15, 0.2) is 0 Å². The van der Waals surface area contributed by atoms with Gasteiger partial charge >= 0.3 is 0 Å². The van der Waals surface area contributed by atoms with E-state index in [1.54, 1.807) is 0 Å². The van der Waals surface area contributed by atoms with E-state index in [1.165, 1.54) is 50.3 Å². The van der Waals surface area contributed by atoms with Gasteiger partial charge in [-0.3, -0.25) is 4.90 Å². The second kappa shape index (κ2) is 6.24. The first-order valence-corrected chi connectivity index (χ1v) is 7.30. The molecule has 2 rings (SSSR count). The number of piperazine rings is 1. The van der Waals surface area contributed by atoms with E-state index in [2.05, 4.69) is 54.8 Å². The Morgan fingerprint density at radius 2 is 1.50 bits per heavy atom. The van der Waals surface area contributed by atoms with E-state index in [1.807, 2.05) is 0 Å². The number of aryl methyl sites for hydroxylation is 1. The highest BCUT2D eigenvalue weighted by Crippen LogP contribution is 2.19. The monoisotopic (exact) mass is 246 g/mol. The van der Waals surface area contributed by atoms with Crippen LogP contribution >= 0.6 is 0 Å². The van der Waals surface area contributed by atoms with Crippen molar-refractivity contribution in [2.45, 2.75) is 39.7 Å². The van der Waals surface area contributed by atoms with Crippen LogP contribution in [0.15, 0.2) is 24.3 Å². The predicted molar refractivity (Wildman–Crippen MR) is 79.3 cm³/mol. The summed E-state index contributed by atoms with van der Waals surface area (Å²) in [4.78, 5) is 5.17. The lowest BCUT2D eigenvalue weighted by atomic mass is 10.1. The number of hydrogen-bond donors (Lipinski definition) is 0. The van der Waals surface area contributed by atoms with Crippen molar-refractivity contribution in [1.29, 1.82) is 0 Å². The summed E-state index contributed by atoms with van der Waals surface area (Å²) < 4.78 is 0. The zero-order valence-electron chi connectivity index (χ0n) is 12.0. The Bertz CT molecular complexity index is 346. The minimum absolute atomic E-state index is 0.783. The van der Waals surface area contributed by atoms with Gasteiger partial charge in [0.25, 0.3) is 0 Å². The maximum Gasteiger partial charge on any atom is 0.0367 e. The summed E-state index contributed by atoms with van der Waals surface area (Å²) in [7, 11) is 0. The van der Waals surface area contributed by atoms with Crippen molar-refractivity contribution in [3.05, 3.63) is 29.8 Å². The summed E-state index contributed by atoms with van der Waals surface area (Å²) >= 11 is 0. The summed E-state index contributed by atoms with van der Waals surface area (Å²) in [5.74, 6) is 0. The van der Waals surface area contributed by atoms with Gasteiger partial charge in [0.05, 0.1) is 0 Å². The Morgan fingerprint density at radius 1 is 0.944 bits per heavy atom. The molecule has 0 N–H and O–H groups in total. The van der Waals surface area contributed by atoms with E-state index >= 15 is 0 Å². The van der Waals surface area contributed by atoms with Crippen molar-refractivity contribution in [3.63, 3.8) is 0 Å². The summed E-state index contributed by atoms with van der Waals surface area (Å²) in [5.41, 5.74) is 2.72. The molecule has 1 saturated heterocycles. The van der Waals surface area contributed by atoms with E-state index in [0.717, 1.165) is 6.04 Å². The highest BCUT2D eigenvalue weighted by molar-refractivity contribution is 5.47. The Kier molecular flexibility index (Phi) is 4.65. The van der Waals surface area contributed by atoms with Crippen molar-refractivity contribution in [2.24, 2.45) is 0 Å². The van der Waals surface area contributed by atoms with Gasteiger partial charge in [-0.25, -0.2) is 0 Å². The van der Waals surface area contributed by atoms with Crippen LogP contribution < -0.4 is 4.90 Å². The first-order valence-electron chi connectivity index (χ1n) is 7.30.